The average molecular weight is 417 g/mol. The van der Waals surface area contributed by atoms with Gasteiger partial charge in [0.05, 0.1) is 17.8 Å². The molecule has 3 N–H and O–H groups in total. The Morgan fingerprint density at radius 3 is 2.66 bits per heavy atom. The lowest BCUT2D eigenvalue weighted by molar-refractivity contribution is -0.120. The van der Waals surface area contributed by atoms with E-state index in [0.29, 0.717) is 36.4 Å². The maximum atomic E-state index is 12.8. The molecule has 7 nitrogen and oxygen atoms in total. The lowest BCUT2D eigenvalue weighted by atomic mass is 9.74. The average Bonchev–Trinajstić information content (AvgIpc) is 3.15. The summed E-state index contributed by atoms with van der Waals surface area (Å²) in [5.74, 6) is -0.297. The van der Waals surface area contributed by atoms with Crippen LogP contribution < -0.4 is 10.6 Å². The molecule has 1 fully saturated rings. The summed E-state index contributed by atoms with van der Waals surface area (Å²) in [6, 6.07) is 9.83. The first-order chi connectivity index (χ1) is 13.9. The van der Waals surface area contributed by atoms with E-state index in [9.17, 15) is 14.7 Å². The predicted octanol–water partition coefficient (Wildman–Crippen LogP) is 2.21. The fourth-order valence-electron chi connectivity index (χ4n) is 4.11. The highest BCUT2D eigenvalue weighted by atomic mass is 32.1. The molecule has 1 aromatic carbocycles. The smallest absolute Gasteiger partial charge is 0.264 e. The molecule has 29 heavy (non-hydrogen) atoms. The number of hydrogen-bond donors (Lipinski definition) is 3. The summed E-state index contributed by atoms with van der Waals surface area (Å²) in [7, 11) is 0. The van der Waals surface area contributed by atoms with Crippen molar-refractivity contribution < 1.29 is 14.7 Å². The van der Waals surface area contributed by atoms with Gasteiger partial charge in [0.1, 0.15) is 4.88 Å². The van der Waals surface area contributed by atoms with Crippen LogP contribution in [0.2, 0.25) is 0 Å². The van der Waals surface area contributed by atoms with Crippen LogP contribution in [0.25, 0.3) is 0 Å². The number of hydrogen-bond acceptors (Lipinski definition) is 6. The molecule has 1 heterocycles. The summed E-state index contributed by atoms with van der Waals surface area (Å²) in [6.45, 7) is 3.88. The molecule has 3 rings (SSSR count). The molecule has 2 aromatic rings. The largest absolute Gasteiger partial charge is 0.391 e. The molecule has 156 valence electrons. The van der Waals surface area contributed by atoms with Gasteiger partial charge in [0.25, 0.3) is 5.91 Å². The van der Waals surface area contributed by atoms with Gasteiger partial charge < -0.3 is 15.7 Å². The van der Waals surface area contributed by atoms with E-state index >= 15 is 0 Å². The summed E-state index contributed by atoms with van der Waals surface area (Å²) in [4.78, 5) is 24.8. The second kappa shape index (κ2) is 9.45. The van der Waals surface area contributed by atoms with Gasteiger partial charge in [-0.05, 0) is 49.2 Å². The molecule has 0 aliphatic heterocycles. The Kier molecular flexibility index (Phi) is 6.97. The molecule has 1 saturated carbocycles. The SMILES string of the molecule is CCc1nnsc1C(=O)NC[C@]1(c2ccccc2)CC[C@H](NC(C)=O)[C@@H](O)CC1. The molecule has 0 saturated heterocycles. The Morgan fingerprint density at radius 1 is 1.24 bits per heavy atom. The van der Waals surface area contributed by atoms with E-state index < -0.39 is 6.10 Å². The van der Waals surface area contributed by atoms with Crippen LogP contribution >= 0.6 is 11.5 Å². The molecule has 1 aliphatic carbocycles. The summed E-state index contributed by atoms with van der Waals surface area (Å²) in [5, 5.41) is 20.5. The number of carbonyl (C=O) groups excluding carboxylic acids is 2. The highest BCUT2D eigenvalue weighted by Crippen LogP contribution is 2.38. The maximum absolute atomic E-state index is 12.8. The minimum atomic E-state index is -0.599. The van der Waals surface area contributed by atoms with Crippen LogP contribution in [0.3, 0.4) is 0 Å². The Labute approximate surface area is 175 Å². The molecule has 0 spiro atoms. The quantitative estimate of drug-likeness (QED) is 0.627. The van der Waals surface area contributed by atoms with Crippen LogP contribution in [-0.2, 0) is 16.6 Å². The van der Waals surface area contributed by atoms with Crippen LogP contribution in [0.4, 0.5) is 0 Å². The fourth-order valence-corrected chi connectivity index (χ4v) is 4.77. The number of nitrogens with one attached hydrogen (secondary N) is 2. The lowest BCUT2D eigenvalue weighted by Crippen LogP contribution is -2.42. The first-order valence-corrected chi connectivity index (χ1v) is 10.8. The molecule has 1 aliphatic rings. The second-order valence-electron chi connectivity index (χ2n) is 7.68. The van der Waals surface area contributed by atoms with Crippen molar-refractivity contribution in [3.05, 3.63) is 46.5 Å². The van der Waals surface area contributed by atoms with Gasteiger partial charge in [-0.1, -0.05) is 41.7 Å². The third-order valence-corrected chi connectivity index (χ3v) is 6.54. The summed E-state index contributed by atoms with van der Waals surface area (Å²) < 4.78 is 3.90. The summed E-state index contributed by atoms with van der Waals surface area (Å²) >= 11 is 1.11. The molecule has 2 amide bonds. The molecule has 0 unspecified atom stereocenters. The Balaban J connectivity index is 1.81. The first-order valence-electron chi connectivity index (χ1n) is 10.1. The van der Waals surface area contributed by atoms with E-state index in [1.54, 1.807) is 0 Å². The summed E-state index contributed by atoms with van der Waals surface area (Å²) in [5.41, 5.74) is 1.53. The van der Waals surface area contributed by atoms with Gasteiger partial charge in [-0.2, -0.15) is 0 Å². The zero-order valence-electron chi connectivity index (χ0n) is 16.9. The van der Waals surface area contributed by atoms with Gasteiger partial charge in [0.15, 0.2) is 0 Å². The van der Waals surface area contributed by atoms with Crippen molar-refractivity contribution in [2.45, 2.75) is 63.5 Å². The Bertz CT molecular complexity index is 841. The second-order valence-corrected chi connectivity index (χ2v) is 8.44. The lowest BCUT2D eigenvalue weighted by Gasteiger charge is -2.34. The number of nitrogens with zero attached hydrogens (tertiary/aromatic N) is 2. The molecule has 3 atom stereocenters. The maximum Gasteiger partial charge on any atom is 0.264 e. The Morgan fingerprint density at radius 2 is 1.97 bits per heavy atom. The number of aromatic nitrogens is 2. The van der Waals surface area contributed by atoms with E-state index in [4.69, 9.17) is 0 Å². The van der Waals surface area contributed by atoms with Crippen molar-refractivity contribution in [3.8, 4) is 0 Å². The molecule has 0 radical (unpaired) electrons. The summed E-state index contributed by atoms with van der Waals surface area (Å²) in [6.07, 6.45) is 2.73. The van der Waals surface area contributed by atoms with Crippen LogP contribution in [-0.4, -0.2) is 45.2 Å². The van der Waals surface area contributed by atoms with Crippen LogP contribution in [0.5, 0.6) is 0 Å². The monoisotopic (exact) mass is 416 g/mol. The van der Waals surface area contributed by atoms with E-state index in [1.165, 1.54) is 6.92 Å². The predicted molar refractivity (Wildman–Crippen MR) is 112 cm³/mol. The third kappa shape index (κ3) is 5.00. The number of rotatable bonds is 6. The number of amides is 2. The minimum Gasteiger partial charge on any atom is -0.391 e. The molecular formula is C21H28N4O3S. The van der Waals surface area contributed by atoms with Gasteiger partial charge in [0.2, 0.25) is 5.91 Å². The van der Waals surface area contributed by atoms with Gasteiger partial charge in [0, 0.05) is 18.9 Å². The zero-order chi connectivity index (χ0) is 20.9. The van der Waals surface area contributed by atoms with E-state index in [1.807, 2.05) is 25.1 Å². The van der Waals surface area contributed by atoms with Gasteiger partial charge in [-0.15, -0.1) is 5.10 Å². The van der Waals surface area contributed by atoms with Crippen molar-refractivity contribution in [2.24, 2.45) is 0 Å². The van der Waals surface area contributed by atoms with Gasteiger partial charge in [-0.3, -0.25) is 9.59 Å². The van der Waals surface area contributed by atoms with Crippen LogP contribution in [0, 0.1) is 0 Å². The van der Waals surface area contributed by atoms with Gasteiger partial charge >= 0.3 is 0 Å². The molecule has 0 bridgehead atoms. The van der Waals surface area contributed by atoms with E-state index in [2.05, 4.69) is 32.4 Å². The van der Waals surface area contributed by atoms with Crippen molar-refractivity contribution in [1.82, 2.24) is 20.2 Å². The first kappa shape index (κ1) is 21.4. The van der Waals surface area contributed by atoms with E-state index in [0.717, 1.165) is 29.9 Å². The van der Waals surface area contributed by atoms with Crippen molar-refractivity contribution in [2.75, 3.05) is 6.54 Å². The Hall–Kier alpha value is -2.32. The normalized spacial score (nSPS) is 24.5. The molecule has 8 heteroatoms. The van der Waals surface area contributed by atoms with Crippen LogP contribution in [0.15, 0.2) is 30.3 Å². The van der Waals surface area contributed by atoms with Crippen LogP contribution in [0.1, 0.15) is 60.5 Å². The minimum absolute atomic E-state index is 0.139. The number of aliphatic hydroxyl groups excluding tert-OH is 1. The van der Waals surface area contributed by atoms with Crippen molar-refractivity contribution in [1.29, 1.82) is 0 Å². The molecular weight excluding hydrogens is 388 g/mol. The molecule has 1 aromatic heterocycles. The topological polar surface area (TPSA) is 104 Å². The number of benzene rings is 1. The standard InChI is InChI=1S/C21H28N4O3S/c1-3-16-19(29-25-24-16)20(28)22-13-21(15-7-5-4-6-8-15)11-9-17(23-14(2)26)18(27)10-12-21/h4-8,17-18,27H,3,9-13H2,1-2H3,(H,22,28)(H,23,26)/t17-,18-,21-/m0/s1. The third-order valence-electron chi connectivity index (χ3n) is 5.78. The highest BCUT2D eigenvalue weighted by molar-refractivity contribution is 7.08. The highest BCUT2D eigenvalue weighted by Gasteiger charge is 2.38. The van der Waals surface area contributed by atoms with Crippen molar-refractivity contribution >= 4 is 23.3 Å². The number of aryl methyl sites for hydroxylation is 1. The van der Waals surface area contributed by atoms with Gasteiger partial charge in [-0.25, -0.2) is 0 Å². The van der Waals surface area contributed by atoms with Crippen molar-refractivity contribution in [3.63, 3.8) is 0 Å². The zero-order valence-corrected chi connectivity index (χ0v) is 17.7. The fraction of sp³-hybridized carbons (Fsp3) is 0.524. The number of carbonyl (C=O) groups is 2. The van der Waals surface area contributed by atoms with E-state index in [-0.39, 0.29) is 23.3 Å². The number of aliphatic hydroxyl groups is 1.